The van der Waals surface area contributed by atoms with Gasteiger partial charge in [0.2, 0.25) is 11.8 Å². The first kappa shape index (κ1) is 13.2. The van der Waals surface area contributed by atoms with Gasteiger partial charge in [0, 0.05) is 10.9 Å². The number of hydrogen-bond acceptors (Lipinski definition) is 4. The van der Waals surface area contributed by atoms with E-state index in [1.54, 1.807) is 0 Å². The zero-order valence-electron chi connectivity index (χ0n) is 10.5. The van der Waals surface area contributed by atoms with E-state index in [1.165, 1.54) is 0 Å². The van der Waals surface area contributed by atoms with Gasteiger partial charge in [0.1, 0.15) is 0 Å². The van der Waals surface area contributed by atoms with Crippen molar-refractivity contribution in [2.24, 2.45) is 0 Å². The number of halogens is 1. The molecule has 4 nitrogen and oxygen atoms in total. The van der Waals surface area contributed by atoms with Gasteiger partial charge in [-0.1, -0.05) is 12.1 Å². The highest BCUT2D eigenvalue weighted by Crippen LogP contribution is 2.29. The Hall–Kier alpha value is -1.20. The number of hydrogen-bond donors (Lipinski definition) is 1. The molecule has 1 heterocycles. The molecule has 2 aromatic rings. The molecule has 1 aromatic carbocycles. The zero-order chi connectivity index (χ0) is 13.0. The zero-order valence-corrected chi connectivity index (χ0v) is 12.1. The molecule has 0 aliphatic carbocycles. The highest BCUT2D eigenvalue weighted by atomic mass is 79.9. The molecule has 2 rings (SSSR count). The van der Waals surface area contributed by atoms with Crippen molar-refractivity contribution in [1.82, 2.24) is 15.5 Å². The number of aromatic nitrogens is 2. The van der Waals surface area contributed by atoms with Crippen LogP contribution in [0.15, 0.2) is 27.1 Å². The molecule has 0 aliphatic heterocycles. The lowest BCUT2D eigenvalue weighted by Gasteiger charge is -2.02. The molecule has 96 valence electrons. The second-order valence-electron chi connectivity index (χ2n) is 4.14. The molecule has 0 fully saturated rings. The van der Waals surface area contributed by atoms with Crippen LogP contribution in [0.3, 0.4) is 0 Å². The molecular formula is C13H16BrN3O. The van der Waals surface area contributed by atoms with Crippen LogP contribution in [-0.2, 0) is 6.42 Å². The summed E-state index contributed by atoms with van der Waals surface area (Å²) in [4.78, 5) is 0. The van der Waals surface area contributed by atoms with Gasteiger partial charge in [-0.25, -0.2) is 0 Å². The smallest absolute Gasteiger partial charge is 0.248 e. The lowest BCUT2D eigenvalue weighted by Crippen LogP contribution is -2.08. The first-order valence-electron chi connectivity index (χ1n) is 5.95. The van der Waals surface area contributed by atoms with Gasteiger partial charge in [-0.3, -0.25) is 0 Å². The van der Waals surface area contributed by atoms with E-state index in [9.17, 15) is 0 Å². The maximum atomic E-state index is 5.67. The van der Waals surface area contributed by atoms with Crippen molar-refractivity contribution in [2.75, 3.05) is 13.6 Å². The predicted molar refractivity (Wildman–Crippen MR) is 74.4 cm³/mol. The number of benzene rings is 1. The number of nitrogens with one attached hydrogen (secondary N) is 1. The molecule has 1 aromatic heterocycles. The Labute approximate surface area is 115 Å². The van der Waals surface area contributed by atoms with Gasteiger partial charge in [0.15, 0.2) is 0 Å². The number of nitrogens with zero attached hydrogens (tertiary/aromatic N) is 2. The average molecular weight is 310 g/mol. The van der Waals surface area contributed by atoms with Crippen molar-refractivity contribution < 1.29 is 4.42 Å². The van der Waals surface area contributed by atoms with Crippen LogP contribution in [0.25, 0.3) is 11.5 Å². The third kappa shape index (κ3) is 2.97. The summed E-state index contributed by atoms with van der Waals surface area (Å²) in [5.41, 5.74) is 2.10. The molecule has 0 aliphatic rings. The Morgan fingerprint density at radius 1 is 1.33 bits per heavy atom. The van der Waals surface area contributed by atoms with E-state index in [1.807, 2.05) is 32.2 Å². The first-order valence-corrected chi connectivity index (χ1v) is 6.74. The van der Waals surface area contributed by atoms with E-state index in [2.05, 4.69) is 31.4 Å². The van der Waals surface area contributed by atoms with Gasteiger partial charge in [-0.15, -0.1) is 10.2 Å². The summed E-state index contributed by atoms with van der Waals surface area (Å²) in [6.45, 7) is 2.99. The van der Waals surface area contributed by atoms with E-state index in [-0.39, 0.29) is 0 Å². The van der Waals surface area contributed by atoms with Crippen LogP contribution < -0.4 is 5.32 Å². The van der Waals surface area contributed by atoms with Crippen molar-refractivity contribution >= 4 is 15.9 Å². The maximum Gasteiger partial charge on any atom is 0.248 e. The third-order valence-electron chi connectivity index (χ3n) is 2.71. The van der Waals surface area contributed by atoms with Crippen LogP contribution in [0, 0.1) is 6.92 Å². The van der Waals surface area contributed by atoms with Crippen molar-refractivity contribution in [3.8, 4) is 11.5 Å². The van der Waals surface area contributed by atoms with Crippen LogP contribution >= 0.6 is 15.9 Å². The molecule has 18 heavy (non-hydrogen) atoms. The fourth-order valence-corrected chi connectivity index (χ4v) is 2.13. The highest BCUT2D eigenvalue weighted by molar-refractivity contribution is 9.10. The third-order valence-corrected chi connectivity index (χ3v) is 3.76. The Kier molecular flexibility index (Phi) is 4.49. The highest BCUT2D eigenvalue weighted by Gasteiger charge is 2.12. The monoisotopic (exact) mass is 309 g/mol. The quantitative estimate of drug-likeness (QED) is 0.863. The molecule has 0 saturated heterocycles. The maximum absolute atomic E-state index is 5.67. The van der Waals surface area contributed by atoms with Crippen LogP contribution in [0.4, 0.5) is 0 Å². The van der Waals surface area contributed by atoms with E-state index < -0.39 is 0 Å². The summed E-state index contributed by atoms with van der Waals surface area (Å²) >= 11 is 3.55. The van der Waals surface area contributed by atoms with Gasteiger partial charge in [0.05, 0.1) is 5.56 Å². The normalized spacial score (nSPS) is 10.8. The van der Waals surface area contributed by atoms with Crippen molar-refractivity contribution in [3.05, 3.63) is 34.1 Å². The molecular weight excluding hydrogens is 294 g/mol. The molecule has 0 spiro atoms. The van der Waals surface area contributed by atoms with E-state index >= 15 is 0 Å². The summed E-state index contributed by atoms with van der Waals surface area (Å²) in [6, 6.07) is 6.00. The summed E-state index contributed by atoms with van der Waals surface area (Å²) in [7, 11) is 1.93. The van der Waals surface area contributed by atoms with Crippen LogP contribution in [-0.4, -0.2) is 23.8 Å². The second-order valence-corrected chi connectivity index (χ2v) is 4.94. The standard InChI is InChI=1S/C13H16BrN3O/c1-9-5-3-6-10(12(9)14)13-17-16-11(18-13)7-4-8-15-2/h3,5-6,15H,4,7-8H2,1-2H3. The molecule has 0 bridgehead atoms. The van der Waals surface area contributed by atoms with E-state index in [0.29, 0.717) is 11.8 Å². The van der Waals surface area contributed by atoms with E-state index in [4.69, 9.17) is 4.42 Å². The Bertz CT molecular complexity index is 525. The number of rotatable bonds is 5. The molecule has 0 unspecified atom stereocenters. The van der Waals surface area contributed by atoms with Gasteiger partial charge in [-0.05, 0) is 54.5 Å². The number of aryl methyl sites for hydroxylation is 2. The summed E-state index contributed by atoms with van der Waals surface area (Å²) in [5.74, 6) is 1.26. The van der Waals surface area contributed by atoms with Crippen LogP contribution in [0.5, 0.6) is 0 Å². The predicted octanol–water partition coefficient (Wildman–Crippen LogP) is 2.96. The summed E-state index contributed by atoms with van der Waals surface area (Å²) in [6.07, 6.45) is 1.80. The summed E-state index contributed by atoms with van der Waals surface area (Å²) < 4.78 is 6.68. The van der Waals surface area contributed by atoms with E-state index in [0.717, 1.165) is 35.0 Å². The molecule has 1 N–H and O–H groups in total. The molecule has 0 amide bonds. The minimum Gasteiger partial charge on any atom is -0.421 e. The second kappa shape index (κ2) is 6.11. The topological polar surface area (TPSA) is 51.0 Å². The molecule has 0 atom stereocenters. The van der Waals surface area contributed by atoms with Gasteiger partial charge < -0.3 is 9.73 Å². The van der Waals surface area contributed by atoms with Crippen molar-refractivity contribution in [2.45, 2.75) is 19.8 Å². The van der Waals surface area contributed by atoms with Crippen LogP contribution in [0.2, 0.25) is 0 Å². The van der Waals surface area contributed by atoms with Crippen LogP contribution in [0.1, 0.15) is 17.9 Å². The Balaban J connectivity index is 2.16. The fraction of sp³-hybridized carbons (Fsp3) is 0.385. The Morgan fingerprint density at radius 2 is 2.17 bits per heavy atom. The van der Waals surface area contributed by atoms with Gasteiger partial charge in [-0.2, -0.15) is 0 Å². The van der Waals surface area contributed by atoms with Gasteiger partial charge >= 0.3 is 0 Å². The summed E-state index contributed by atoms with van der Waals surface area (Å²) in [5, 5.41) is 11.3. The first-order chi connectivity index (χ1) is 8.72. The molecule has 0 radical (unpaired) electrons. The lowest BCUT2D eigenvalue weighted by atomic mass is 10.1. The van der Waals surface area contributed by atoms with Crippen molar-refractivity contribution in [1.29, 1.82) is 0 Å². The van der Waals surface area contributed by atoms with Crippen molar-refractivity contribution in [3.63, 3.8) is 0 Å². The average Bonchev–Trinajstić information content (AvgIpc) is 2.82. The molecule has 5 heteroatoms. The van der Waals surface area contributed by atoms with Gasteiger partial charge in [0.25, 0.3) is 0 Å². The lowest BCUT2D eigenvalue weighted by molar-refractivity contribution is 0.494. The SMILES string of the molecule is CNCCCc1nnc(-c2cccc(C)c2Br)o1. The molecule has 0 saturated carbocycles. The minimum atomic E-state index is 0.574. The minimum absolute atomic E-state index is 0.574. The fourth-order valence-electron chi connectivity index (χ4n) is 1.69. The Morgan fingerprint density at radius 3 is 2.94 bits per heavy atom. The largest absolute Gasteiger partial charge is 0.421 e.